The van der Waals surface area contributed by atoms with Crippen molar-refractivity contribution in [1.29, 1.82) is 0 Å². The Morgan fingerprint density at radius 1 is 1.31 bits per heavy atom. The first-order valence-corrected chi connectivity index (χ1v) is 7.00. The van der Waals surface area contributed by atoms with Crippen LogP contribution >= 0.6 is 0 Å². The fraction of sp³-hybridized carbons (Fsp3) is 1.00. The van der Waals surface area contributed by atoms with Crippen LogP contribution in [0.15, 0.2) is 0 Å². The molecule has 0 aromatic carbocycles. The number of nitrogens with one attached hydrogen (secondary N) is 1. The third-order valence-electron chi connectivity index (χ3n) is 3.78. The summed E-state index contributed by atoms with van der Waals surface area (Å²) in [4.78, 5) is 2.68. The summed E-state index contributed by atoms with van der Waals surface area (Å²) in [6, 6.07) is 1.41. The number of hydrogen-bond donors (Lipinski definition) is 1. The third-order valence-corrected chi connectivity index (χ3v) is 3.78. The molecule has 1 N–H and O–H groups in total. The molecule has 1 fully saturated rings. The Balaban J connectivity index is 2.41. The van der Waals surface area contributed by atoms with Gasteiger partial charge >= 0.3 is 0 Å². The maximum atomic E-state index is 3.68. The number of rotatable bonds is 5. The quantitative estimate of drug-likeness (QED) is 0.775. The molecule has 96 valence electrons. The second kappa shape index (κ2) is 6.61. The molecular weight excluding hydrogens is 196 g/mol. The molecule has 1 rings (SSSR count). The molecule has 1 saturated heterocycles. The predicted molar refractivity (Wildman–Crippen MR) is 71.7 cm³/mol. The molecule has 0 aliphatic carbocycles. The second-order valence-electron chi connectivity index (χ2n) is 6.05. The van der Waals surface area contributed by atoms with Crippen molar-refractivity contribution in [3.05, 3.63) is 0 Å². The number of piperazine rings is 1. The minimum absolute atomic E-state index is 0.706. The molecule has 1 aliphatic rings. The van der Waals surface area contributed by atoms with E-state index in [1.807, 2.05) is 0 Å². The zero-order chi connectivity index (χ0) is 12.1. The normalized spacial score (nSPS) is 29.6. The van der Waals surface area contributed by atoms with E-state index in [1.165, 1.54) is 25.9 Å². The van der Waals surface area contributed by atoms with Crippen molar-refractivity contribution >= 4 is 0 Å². The van der Waals surface area contributed by atoms with E-state index in [9.17, 15) is 0 Å². The Morgan fingerprint density at radius 3 is 2.56 bits per heavy atom. The van der Waals surface area contributed by atoms with Crippen LogP contribution in [0.25, 0.3) is 0 Å². The topological polar surface area (TPSA) is 15.3 Å². The lowest BCUT2D eigenvalue weighted by Gasteiger charge is -2.40. The summed E-state index contributed by atoms with van der Waals surface area (Å²) in [6.45, 7) is 15.3. The van der Waals surface area contributed by atoms with Crippen LogP contribution in [-0.4, -0.2) is 36.6 Å². The molecule has 0 saturated carbocycles. The first-order chi connectivity index (χ1) is 7.52. The van der Waals surface area contributed by atoms with E-state index in [2.05, 4.69) is 44.8 Å². The molecule has 0 aromatic heterocycles. The standard InChI is InChI=1S/C14H30N2/c1-6-12(4)9-16-10-14(7-11(2)3)15-8-13(16)5/h11-15H,6-10H2,1-5H3. The summed E-state index contributed by atoms with van der Waals surface area (Å²) >= 11 is 0. The van der Waals surface area contributed by atoms with E-state index in [0.29, 0.717) is 12.1 Å². The van der Waals surface area contributed by atoms with Crippen molar-refractivity contribution in [2.75, 3.05) is 19.6 Å². The van der Waals surface area contributed by atoms with Gasteiger partial charge in [-0.25, -0.2) is 0 Å². The predicted octanol–water partition coefficient (Wildman–Crippen LogP) is 2.74. The van der Waals surface area contributed by atoms with Crippen LogP contribution in [0.4, 0.5) is 0 Å². The highest BCUT2D eigenvalue weighted by molar-refractivity contribution is 4.84. The minimum atomic E-state index is 0.706. The molecule has 2 nitrogen and oxygen atoms in total. The molecule has 1 heterocycles. The van der Waals surface area contributed by atoms with Crippen molar-refractivity contribution < 1.29 is 0 Å². The molecule has 0 radical (unpaired) electrons. The van der Waals surface area contributed by atoms with Gasteiger partial charge in [-0.1, -0.05) is 34.1 Å². The maximum absolute atomic E-state index is 3.68. The van der Waals surface area contributed by atoms with Gasteiger partial charge < -0.3 is 5.32 Å². The SMILES string of the molecule is CCC(C)CN1CC(CC(C)C)NCC1C. The van der Waals surface area contributed by atoms with Gasteiger partial charge in [-0.3, -0.25) is 4.90 Å². The van der Waals surface area contributed by atoms with Gasteiger partial charge in [0, 0.05) is 31.7 Å². The van der Waals surface area contributed by atoms with Crippen molar-refractivity contribution in [2.45, 2.75) is 59.5 Å². The monoisotopic (exact) mass is 226 g/mol. The van der Waals surface area contributed by atoms with Gasteiger partial charge in [0.25, 0.3) is 0 Å². The molecule has 0 amide bonds. The summed E-state index contributed by atoms with van der Waals surface area (Å²) in [7, 11) is 0. The Kier molecular flexibility index (Phi) is 5.77. The zero-order valence-electron chi connectivity index (χ0n) is 11.8. The zero-order valence-corrected chi connectivity index (χ0v) is 11.8. The molecule has 1 aliphatic heterocycles. The van der Waals surface area contributed by atoms with Crippen LogP contribution in [-0.2, 0) is 0 Å². The summed E-state index contributed by atoms with van der Waals surface area (Å²) in [5.41, 5.74) is 0. The summed E-state index contributed by atoms with van der Waals surface area (Å²) in [6.07, 6.45) is 2.61. The van der Waals surface area contributed by atoms with Crippen LogP contribution in [0.5, 0.6) is 0 Å². The maximum Gasteiger partial charge on any atom is 0.0198 e. The summed E-state index contributed by atoms with van der Waals surface area (Å²) in [5, 5.41) is 3.68. The highest BCUT2D eigenvalue weighted by Gasteiger charge is 2.25. The lowest BCUT2D eigenvalue weighted by molar-refractivity contribution is 0.114. The van der Waals surface area contributed by atoms with Gasteiger partial charge in [0.1, 0.15) is 0 Å². The largest absolute Gasteiger partial charge is 0.311 e. The molecule has 0 spiro atoms. The van der Waals surface area contributed by atoms with Gasteiger partial charge in [0.2, 0.25) is 0 Å². The minimum Gasteiger partial charge on any atom is -0.311 e. The van der Waals surface area contributed by atoms with Gasteiger partial charge in [0.15, 0.2) is 0 Å². The average Bonchev–Trinajstić information content (AvgIpc) is 2.22. The highest BCUT2D eigenvalue weighted by Crippen LogP contribution is 2.15. The van der Waals surface area contributed by atoms with E-state index < -0.39 is 0 Å². The Hall–Kier alpha value is -0.0800. The third kappa shape index (κ3) is 4.42. The highest BCUT2D eigenvalue weighted by atomic mass is 15.2. The van der Waals surface area contributed by atoms with Crippen molar-refractivity contribution in [3.8, 4) is 0 Å². The van der Waals surface area contributed by atoms with Gasteiger partial charge in [0.05, 0.1) is 0 Å². The first kappa shape index (κ1) is 14.0. The number of hydrogen-bond acceptors (Lipinski definition) is 2. The van der Waals surface area contributed by atoms with Gasteiger partial charge in [-0.2, -0.15) is 0 Å². The molecule has 16 heavy (non-hydrogen) atoms. The molecule has 0 aromatic rings. The lowest BCUT2D eigenvalue weighted by atomic mass is 9.98. The Morgan fingerprint density at radius 2 is 2.00 bits per heavy atom. The van der Waals surface area contributed by atoms with Crippen molar-refractivity contribution in [2.24, 2.45) is 11.8 Å². The fourth-order valence-corrected chi connectivity index (χ4v) is 2.50. The number of nitrogens with zero attached hydrogens (tertiary/aromatic N) is 1. The summed E-state index contributed by atoms with van der Waals surface area (Å²) < 4.78 is 0. The summed E-state index contributed by atoms with van der Waals surface area (Å²) in [5.74, 6) is 1.64. The van der Waals surface area contributed by atoms with E-state index in [-0.39, 0.29) is 0 Å². The van der Waals surface area contributed by atoms with Gasteiger partial charge in [-0.05, 0) is 25.2 Å². The molecule has 0 bridgehead atoms. The molecule has 3 atom stereocenters. The van der Waals surface area contributed by atoms with E-state index in [4.69, 9.17) is 0 Å². The van der Waals surface area contributed by atoms with Crippen LogP contribution in [0, 0.1) is 11.8 Å². The van der Waals surface area contributed by atoms with Gasteiger partial charge in [-0.15, -0.1) is 0 Å². The molecule has 3 unspecified atom stereocenters. The second-order valence-corrected chi connectivity index (χ2v) is 6.05. The van der Waals surface area contributed by atoms with Crippen molar-refractivity contribution in [1.82, 2.24) is 10.2 Å². The fourth-order valence-electron chi connectivity index (χ4n) is 2.50. The molecular formula is C14H30N2. The van der Waals surface area contributed by atoms with E-state index >= 15 is 0 Å². The van der Waals surface area contributed by atoms with Crippen molar-refractivity contribution in [3.63, 3.8) is 0 Å². The smallest absolute Gasteiger partial charge is 0.0198 e. The van der Waals surface area contributed by atoms with Crippen LogP contribution in [0.1, 0.15) is 47.5 Å². The first-order valence-electron chi connectivity index (χ1n) is 7.00. The molecule has 2 heteroatoms. The average molecular weight is 226 g/mol. The van der Waals surface area contributed by atoms with Crippen LogP contribution < -0.4 is 5.32 Å². The van der Waals surface area contributed by atoms with E-state index in [0.717, 1.165) is 18.4 Å². The lowest BCUT2D eigenvalue weighted by Crippen LogP contribution is -2.56. The van der Waals surface area contributed by atoms with Crippen LogP contribution in [0.3, 0.4) is 0 Å². The Labute approximate surface area is 102 Å². The van der Waals surface area contributed by atoms with E-state index in [1.54, 1.807) is 0 Å². The van der Waals surface area contributed by atoms with Crippen LogP contribution in [0.2, 0.25) is 0 Å². The Bertz CT molecular complexity index is 191.